The topological polar surface area (TPSA) is 41.6 Å². The third-order valence-electron chi connectivity index (χ3n) is 3.42. The van der Waals surface area contributed by atoms with Gasteiger partial charge in [-0.3, -0.25) is 4.99 Å². The van der Waals surface area contributed by atoms with Crippen LogP contribution in [0.5, 0.6) is 0 Å². The quantitative estimate of drug-likeness (QED) is 0.866. The van der Waals surface area contributed by atoms with Crippen LogP contribution < -0.4 is 10.6 Å². The molecule has 2 aromatic carbocycles. The van der Waals surface area contributed by atoms with Gasteiger partial charge in [0, 0.05) is 4.47 Å². The first kappa shape index (κ1) is 14.4. The number of hydrogen-bond acceptors (Lipinski definition) is 3. The number of rotatable bonds is 2. The van der Waals surface area contributed by atoms with Crippen molar-refractivity contribution >= 4 is 39.2 Å². The van der Waals surface area contributed by atoms with Crippen LogP contribution >= 0.6 is 27.5 Å². The molecule has 2 N–H and O–H groups in total. The van der Waals surface area contributed by atoms with Crippen molar-refractivity contribution in [3.8, 4) is 0 Å². The Morgan fingerprint density at radius 2 is 2.05 bits per heavy atom. The molecule has 21 heavy (non-hydrogen) atoms. The van der Waals surface area contributed by atoms with Gasteiger partial charge in [-0.25, -0.2) is 4.39 Å². The zero-order chi connectivity index (χ0) is 15.0. The number of nitrogens with two attached hydrogens (primary N) is 1. The van der Waals surface area contributed by atoms with Gasteiger partial charge in [0.25, 0.3) is 0 Å². The lowest BCUT2D eigenvalue weighted by Crippen LogP contribution is -2.36. The Hall–Kier alpha value is -1.59. The van der Waals surface area contributed by atoms with E-state index in [0.717, 1.165) is 11.3 Å². The van der Waals surface area contributed by atoms with Gasteiger partial charge in [-0.05, 0) is 29.8 Å². The fourth-order valence-electron chi connectivity index (χ4n) is 2.45. The first-order chi connectivity index (χ1) is 10.1. The van der Waals surface area contributed by atoms with Crippen molar-refractivity contribution in [1.82, 2.24) is 0 Å². The highest BCUT2D eigenvalue weighted by molar-refractivity contribution is 9.10. The summed E-state index contributed by atoms with van der Waals surface area (Å²) in [5, 5.41) is 0.598. The second kappa shape index (κ2) is 5.66. The molecule has 3 nitrogen and oxygen atoms in total. The van der Waals surface area contributed by atoms with Gasteiger partial charge in [0.1, 0.15) is 5.82 Å². The molecule has 0 saturated heterocycles. The number of guanidine groups is 1. The molecule has 0 aromatic heterocycles. The summed E-state index contributed by atoms with van der Waals surface area (Å²) in [5.41, 5.74) is 7.72. The van der Waals surface area contributed by atoms with Crippen molar-refractivity contribution in [3.05, 3.63) is 63.3 Å². The van der Waals surface area contributed by atoms with Gasteiger partial charge >= 0.3 is 0 Å². The van der Waals surface area contributed by atoms with Crippen molar-refractivity contribution in [2.45, 2.75) is 6.04 Å². The zero-order valence-corrected chi connectivity index (χ0v) is 13.3. The van der Waals surface area contributed by atoms with Crippen LogP contribution in [0.3, 0.4) is 0 Å². The second-order valence-corrected chi connectivity index (χ2v) is 5.96. The lowest BCUT2D eigenvalue weighted by Gasteiger charge is -2.28. The number of anilines is 1. The summed E-state index contributed by atoms with van der Waals surface area (Å²) in [6.45, 7) is 0.501. The maximum absolute atomic E-state index is 13.3. The highest BCUT2D eigenvalue weighted by atomic mass is 79.9. The number of nitrogens with zero attached hydrogens (tertiary/aromatic N) is 2. The summed E-state index contributed by atoms with van der Waals surface area (Å²) >= 11 is 9.67. The molecule has 1 atom stereocenters. The summed E-state index contributed by atoms with van der Waals surface area (Å²) in [6.07, 6.45) is 0. The molecule has 0 spiro atoms. The van der Waals surface area contributed by atoms with Crippen LogP contribution in [-0.2, 0) is 0 Å². The minimum Gasteiger partial charge on any atom is -0.369 e. The minimum absolute atomic E-state index is 0.111. The Morgan fingerprint density at radius 1 is 1.29 bits per heavy atom. The lowest BCUT2D eigenvalue weighted by molar-refractivity contribution is 0.624. The number of aliphatic imine (C=N–C) groups is 1. The van der Waals surface area contributed by atoms with E-state index in [-0.39, 0.29) is 11.9 Å². The maximum atomic E-state index is 13.3. The van der Waals surface area contributed by atoms with Gasteiger partial charge < -0.3 is 10.6 Å². The molecule has 1 aliphatic rings. The van der Waals surface area contributed by atoms with Crippen LogP contribution in [0.25, 0.3) is 0 Å². The van der Waals surface area contributed by atoms with Crippen LogP contribution in [0.15, 0.2) is 51.9 Å². The van der Waals surface area contributed by atoms with Gasteiger partial charge in [-0.15, -0.1) is 0 Å². The molecule has 0 amide bonds. The van der Waals surface area contributed by atoms with Crippen LogP contribution in [0, 0.1) is 5.82 Å². The van der Waals surface area contributed by atoms with Gasteiger partial charge in [-0.1, -0.05) is 45.7 Å². The Bertz CT molecular complexity index is 720. The zero-order valence-electron chi connectivity index (χ0n) is 10.9. The molecular formula is C15H12BrClFN3. The molecule has 2 aromatic rings. The van der Waals surface area contributed by atoms with Crippen LogP contribution in [0.1, 0.15) is 11.6 Å². The molecule has 0 saturated carbocycles. The molecule has 0 fully saturated rings. The van der Waals surface area contributed by atoms with Gasteiger partial charge in [0.2, 0.25) is 0 Å². The van der Waals surface area contributed by atoms with E-state index < -0.39 is 0 Å². The molecule has 6 heteroatoms. The molecule has 108 valence electrons. The molecule has 0 radical (unpaired) electrons. The third kappa shape index (κ3) is 2.63. The average molecular weight is 369 g/mol. The standard InChI is InChI=1S/C15H12BrClFN3/c16-11-7-9(18)5-6-10(11)14-8-20-15(19)21(14)13-4-2-1-3-12(13)17/h1-7,14H,8H2,(H2,19,20). The Morgan fingerprint density at radius 3 is 2.76 bits per heavy atom. The van der Waals surface area contributed by atoms with E-state index in [2.05, 4.69) is 20.9 Å². The molecule has 3 rings (SSSR count). The number of hydrogen-bond donors (Lipinski definition) is 1. The monoisotopic (exact) mass is 367 g/mol. The molecule has 1 unspecified atom stereocenters. The summed E-state index contributed by atoms with van der Waals surface area (Å²) in [7, 11) is 0. The SMILES string of the molecule is NC1=NCC(c2ccc(F)cc2Br)N1c1ccccc1Cl. The van der Waals surface area contributed by atoms with E-state index in [1.54, 1.807) is 12.1 Å². The van der Waals surface area contributed by atoms with Crippen molar-refractivity contribution in [1.29, 1.82) is 0 Å². The number of benzene rings is 2. The van der Waals surface area contributed by atoms with Crippen LogP contribution in [0.2, 0.25) is 5.02 Å². The molecule has 0 bridgehead atoms. The Kier molecular flexibility index (Phi) is 3.87. The highest BCUT2D eigenvalue weighted by Crippen LogP contribution is 2.37. The fraction of sp³-hybridized carbons (Fsp3) is 0.133. The van der Waals surface area contributed by atoms with Gasteiger partial charge in [0.15, 0.2) is 5.96 Å². The van der Waals surface area contributed by atoms with E-state index in [4.69, 9.17) is 17.3 Å². The van der Waals surface area contributed by atoms with Crippen molar-refractivity contribution in [2.24, 2.45) is 10.7 Å². The average Bonchev–Trinajstić information content (AvgIpc) is 2.81. The first-order valence-electron chi connectivity index (χ1n) is 6.36. The smallest absolute Gasteiger partial charge is 0.196 e. The van der Waals surface area contributed by atoms with Gasteiger partial charge in [0.05, 0.1) is 23.3 Å². The van der Waals surface area contributed by atoms with E-state index >= 15 is 0 Å². The number of para-hydroxylation sites is 1. The highest BCUT2D eigenvalue weighted by Gasteiger charge is 2.31. The summed E-state index contributed by atoms with van der Waals surface area (Å²) < 4.78 is 14.0. The van der Waals surface area contributed by atoms with Crippen molar-refractivity contribution in [2.75, 3.05) is 11.4 Å². The fourth-order valence-corrected chi connectivity index (χ4v) is 3.29. The summed E-state index contributed by atoms with van der Waals surface area (Å²) in [5.74, 6) is 0.117. The van der Waals surface area contributed by atoms with Gasteiger partial charge in [-0.2, -0.15) is 0 Å². The first-order valence-corrected chi connectivity index (χ1v) is 7.53. The van der Waals surface area contributed by atoms with Crippen molar-refractivity contribution in [3.63, 3.8) is 0 Å². The summed E-state index contributed by atoms with van der Waals surface area (Å²) in [4.78, 5) is 6.18. The predicted octanol–water partition coefficient (Wildman–Crippen LogP) is 4.12. The Labute approximate surface area is 135 Å². The van der Waals surface area contributed by atoms with Crippen LogP contribution in [-0.4, -0.2) is 12.5 Å². The predicted molar refractivity (Wildman–Crippen MR) is 87.3 cm³/mol. The molecule has 1 aliphatic heterocycles. The van der Waals surface area contributed by atoms with E-state index in [9.17, 15) is 4.39 Å². The summed E-state index contributed by atoms with van der Waals surface area (Å²) in [6, 6.07) is 11.9. The van der Waals surface area contributed by atoms with Crippen molar-refractivity contribution < 1.29 is 4.39 Å². The molecular weight excluding hydrogens is 357 g/mol. The maximum Gasteiger partial charge on any atom is 0.196 e. The lowest BCUT2D eigenvalue weighted by atomic mass is 10.1. The number of halogens is 3. The van der Waals surface area contributed by atoms with E-state index in [1.807, 2.05) is 23.1 Å². The minimum atomic E-state index is -0.290. The van der Waals surface area contributed by atoms with E-state index in [1.165, 1.54) is 12.1 Å². The molecule has 0 aliphatic carbocycles. The Balaban J connectivity index is 2.05. The van der Waals surface area contributed by atoms with E-state index in [0.29, 0.717) is 22.0 Å². The largest absolute Gasteiger partial charge is 0.369 e. The second-order valence-electron chi connectivity index (χ2n) is 4.70. The molecule has 1 heterocycles. The van der Waals surface area contributed by atoms with Crippen LogP contribution in [0.4, 0.5) is 10.1 Å². The third-order valence-corrected chi connectivity index (χ3v) is 4.42. The normalized spacial score (nSPS) is 18.0.